The number of carbonyl (C=O) groups excluding carboxylic acids is 1. The van der Waals surface area contributed by atoms with E-state index < -0.39 is 5.97 Å². The van der Waals surface area contributed by atoms with Crippen LogP contribution in [0.3, 0.4) is 0 Å². The van der Waals surface area contributed by atoms with E-state index in [1.165, 1.54) is 19.3 Å². The Morgan fingerprint density at radius 3 is 2.52 bits per heavy atom. The molecule has 0 aromatic heterocycles. The quantitative estimate of drug-likeness (QED) is 0.689. The molecule has 120 valence electrons. The standard InChI is InChI=1S/C15H27N3O3/c19-14(20)13-6-4-5-12(13)11-17-15(21)16-7-10-18-8-2-1-3-9-18/h12-13H,1-11H2,(H,19,20)(H2,16,17,21). The smallest absolute Gasteiger partial charge is 0.314 e. The molecule has 2 atom stereocenters. The molecule has 0 radical (unpaired) electrons. The number of nitrogens with zero attached hydrogens (tertiary/aromatic N) is 1. The number of urea groups is 1. The van der Waals surface area contributed by atoms with Gasteiger partial charge in [-0.05, 0) is 44.7 Å². The Kier molecular flexibility index (Phi) is 6.29. The van der Waals surface area contributed by atoms with Gasteiger partial charge in [0.15, 0.2) is 0 Å². The molecule has 2 fully saturated rings. The van der Waals surface area contributed by atoms with Crippen molar-refractivity contribution in [2.24, 2.45) is 11.8 Å². The van der Waals surface area contributed by atoms with Gasteiger partial charge in [-0.2, -0.15) is 0 Å². The van der Waals surface area contributed by atoms with Crippen LogP contribution >= 0.6 is 0 Å². The summed E-state index contributed by atoms with van der Waals surface area (Å²) >= 11 is 0. The molecular formula is C15H27N3O3. The van der Waals surface area contributed by atoms with Crippen LogP contribution in [0.25, 0.3) is 0 Å². The molecule has 2 unspecified atom stereocenters. The van der Waals surface area contributed by atoms with E-state index in [1.54, 1.807) is 0 Å². The Labute approximate surface area is 126 Å². The van der Waals surface area contributed by atoms with Gasteiger partial charge in [0, 0.05) is 19.6 Å². The van der Waals surface area contributed by atoms with Crippen molar-refractivity contribution in [1.82, 2.24) is 15.5 Å². The van der Waals surface area contributed by atoms with Crippen LogP contribution in [-0.4, -0.2) is 54.7 Å². The molecule has 0 aromatic carbocycles. The number of carbonyl (C=O) groups is 2. The summed E-state index contributed by atoms with van der Waals surface area (Å²) in [6.07, 6.45) is 6.40. The van der Waals surface area contributed by atoms with Crippen LogP contribution in [0.5, 0.6) is 0 Å². The van der Waals surface area contributed by atoms with E-state index in [9.17, 15) is 9.59 Å². The molecule has 2 aliphatic rings. The molecule has 6 nitrogen and oxygen atoms in total. The van der Waals surface area contributed by atoms with Crippen LogP contribution in [0.2, 0.25) is 0 Å². The maximum Gasteiger partial charge on any atom is 0.314 e. The molecule has 1 heterocycles. The minimum atomic E-state index is -0.732. The normalized spacial score (nSPS) is 26.5. The van der Waals surface area contributed by atoms with Crippen molar-refractivity contribution < 1.29 is 14.7 Å². The number of aliphatic carboxylic acids is 1. The fraction of sp³-hybridized carbons (Fsp3) is 0.867. The van der Waals surface area contributed by atoms with E-state index in [0.29, 0.717) is 13.1 Å². The SMILES string of the molecule is O=C(NCCN1CCCCC1)NCC1CCCC1C(=O)O. The number of hydrogen-bond acceptors (Lipinski definition) is 3. The first-order valence-corrected chi connectivity index (χ1v) is 8.13. The average Bonchev–Trinajstić information content (AvgIpc) is 2.95. The second-order valence-electron chi connectivity index (χ2n) is 6.17. The first-order valence-electron chi connectivity index (χ1n) is 8.13. The molecular weight excluding hydrogens is 270 g/mol. The highest BCUT2D eigenvalue weighted by Gasteiger charge is 2.32. The van der Waals surface area contributed by atoms with Gasteiger partial charge in [0.1, 0.15) is 0 Å². The highest BCUT2D eigenvalue weighted by Crippen LogP contribution is 2.31. The second kappa shape index (κ2) is 8.22. The second-order valence-corrected chi connectivity index (χ2v) is 6.17. The molecule has 2 amide bonds. The minimum absolute atomic E-state index is 0.0790. The first-order chi connectivity index (χ1) is 10.2. The van der Waals surface area contributed by atoms with Crippen molar-refractivity contribution in [3.63, 3.8) is 0 Å². The van der Waals surface area contributed by atoms with Crippen LogP contribution in [-0.2, 0) is 4.79 Å². The number of carboxylic acids is 1. The van der Waals surface area contributed by atoms with Crippen molar-refractivity contribution in [3.05, 3.63) is 0 Å². The summed E-state index contributed by atoms with van der Waals surface area (Å²) in [7, 11) is 0. The molecule has 21 heavy (non-hydrogen) atoms. The van der Waals surface area contributed by atoms with Crippen LogP contribution in [0, 0.1) is 11.8 Å². The zero-order chi connectivity index (χ0) is 15.1. The van der Waals surface area contributed by atoms with Crippen molar-refractivity contribution in [2.75, 3.05) is 32.7 Å². The molecule has 0 aromatic rings. The summed E-state index contributed by atoms with van der Waals surface area (Å²) in [6, 6.07) is -0.178. The Bertz CT molecular complexity index is 356. The van der Waals surface area contributed by atoms with Gasteiger partial charge < -0.3 is 20.6 Å². The van der Waals surface area contributed by atoms with E-state index >= 15 is 0 Å². The van der Waals surface area contributed by atoms with Gasteiger partial charge in [-0.1, -0.05) is 12.8 Å². The predicted octanol–water partition coefficient (Wildman–Crippen LogP) is 1.27. The predicted molar refractivity (Wildman–Crippen MR) is 80.2 cm³/mol. The monoisotopic (exact) mass is 297 g/mol. The van der Waals surface area contributed by atoms with Crippen LogP contribution < -0.4 is 10.6 Å². The lowest BCUT2D eigenvalue weighted by Crippen LogP contribution is -2.43. The Balaban J connectivity index is 1.57. The number of piperidine rings is 1. The van der Waals surface area contributed by atoms with Crippen LogP contribution in [0.15, 0.2) is 0 Å². The van der Waals surface area contributed by atoms with E-state index in [0.717, 1.165) is 38.9 Å². The highest BCUT2D eigenvalue weighted by molar-refractivity contribution is 5.74. The molecule has 6 heteroatoms. The average molecular weight is 297 g/mol. The first kappa shape index (κ1) is 16.1. The number of rotatable bonds is 6. The number of nitrogens with one attached hydrogen (secondary N) is 2. The van der Waals surface area contributed by atoms with Gasteiger partial charge in [-0.15, -0.1) is 0 Å². The Morgan fingerprint density at radius 2 is 1.81 bits per heavy atom. The van der Waals surface area contributed by atoms with Gasteiger partial charge in [-0.25, -0.2) is 4.79 Å². The fourth-order valence-corrected chi connectivity index (χ4v) is 3.40. The van der Waals surface area contributed by atoms with E-state index in [4.69, 9.17) is 5.11 Å². The summed E-state index contributed by atoms with van der Waals surface area (Å²) in [5.74, 6) is -0.946. The molecule has 3 N–H and O–H groups in total. The molecule has 2 rings (SSSR count). The zero-order valence-corrected chi connectivity index (χ0v) is 12.6. The highest BCUT2D eigenvalue weighted by atomic mass is 16.4. The molecule has 1 aliphatic carbocycles. The molecule has 0 spiro atoms. The van der Waals surface area contributed by atoms with Gasteiger partial charge >= 0.3 is 12.0 Å². The van der Waals surface area contributed by atoms with Crippen molar-refractivity contribution in [1.29, 1.82) is 0 Å². The lowest BCUT2D eigenvalue weighted by atomic mass is 9.96. The molecule has 0 bridgehead atoms. The minimum Gasteiger partial charge on any atom is -0.481 e. The van der Waals surface area contributed by atoms with Gasteiger partial charge in [-0.3, -0.25) is 4.79 Å². The Hall–Kier alpha value is -1.30. The summed E-state index contributed by atoms with van der Waals surface area (Å²) in [6.45, 7) is 4.28. The lowest BCUT2D eigenvalue weighted by molar-refractivity contribution is -0.142. The zero-order valence-electron chi connectivity index (χ0n) is 12.6. The number of amides is 2. The summed E-state index contributed by atoms with van der Waals surface area (Å²) in [4.78, 5) is 25.2. The maximum absolute atomic E-state index is 11.7. The van der Waals surface area contributed by atoms with Gasteiger partial charge in [0.05, 0.1) is 5.92 Å². The van der Waals surface area contributed by atoms with Crippen LogP contribution in [0.4, 0.5) is 4.79 Å². The van der Waals surface area contributed by atoms with Crippen LogP contribution in [0.1, 0.15) is 38.5 Å². The topological polar surface area (TPSA) is 81.7 Å². The summed E-state index contributed by atoms with van der Waals surface area (Å²) in [5, 5.41) is 14.8. The number of hydrogen-bond donors (Lipinski definition) is 3. The molecule has 1 saturated carbocycles. The maximum atomic E-state index is 11.7. The third-order valence-electron chi connectivity index (χ3n) is 4.66. The number of carboxylic acid groups (broad SMARTS) is 1. The van der Waals surface area contributed by atoms with Crippen molar-refractivity contribution >= 4 is 12.0 Å². The fourth-order valence-electron chi connectivity index (χ4n) is 3.40. The van der Waals surface area contributed by atoms with E-state index in [2.05, 4.69) is 15.5 Å². The lowest BCUT2D eigenvalue weighted by Gasteiger charge is -2.26. The third-order valence-corrected chi connectivity index (χ3v) is 4.66. The van der Waals surface area contributed by atoms with E-state index in [1.807, 2.05) is 0 Å². The third kappa shape index (κ3) is 5.19. The Morgan fingerprint density at radius 1 is 1.05 bits per heavy atom. The molecule has 1 saturated heterocycles. The number of likely N-dealkylation sites (tertiary alicyclic amines) is 1. The summed E-state index contributed by atoms with van der Waals surface area (Å²) in [5.41, 5.74) is 0. The van der Waals surface area contributed by atoms with Gasteiger partial charge in [0.25, 0.3) is 0 Å². The van der Waals surface area contributed by atoms with Crippen molar-refractivity contribution in [2.45, 2.75) is 38.5 Å². The van der Waals surface area contributed by atoms with Gasteiger partial charge in [0.2, 0.25) is 0 Å². The largest absolute Gasteiger partial charge is 0.481 e. The van der Waals surface area contributed by atoms with E-state index in [-0.39, 0.29) is 17.9 Å². The summed E-state index contributed by atoms with van der Waals surface area (Å²) < 4.78 is 0. The van der Waals surface area contributed by atoms with Crippen molar-refractivity contribution in [3.8, 4) is 0 Å². The molecule has 1 aliphatic heterocycles.